The van der Waals surface area contributed by atoms with Gasteiger partial charge in [-0.05, 0) is 44.0 Å². The molecule has 0 aromatic heterocycles. The molecule has 1 aliphatic rings. The van der Waals surface area contributed by atoms with Crippen LogP contribution in [-0.4, -0.2) is 25.7 Å². The van der Waals surface area contributed by atoms with E-state index in [-0.39, 0.29) is 0 Å². The molecule has 0 bridgehead atoms. The molecule has 2 unspecified atom stereocenters. The Labute approximate surface area is 110 Å². The number of anilines is 1. The summed E-state index contributed by atoms with van der Waals surface area (Å²) in [6.45, 7) is 2.71. The molecule has 1 aliphatic carbocycles. The van der Waals surface area contributed by atoms with Crippen LogP contribution in [0.25, 0.3) is 0 Å². The molecule has 0 amide bonds. The summed E-state index contributed by atoms with van der Waals surface area (Å²) in [4.78, 5) is 2.32. The van der Waals surface area contributed by atoms with Crippen LogP contribution in [-0.2, 0) is 0 Å². The third-order valence-corrected chi connectivity index (χ3v) is 3.83. The number of hydrogen-bond acceptors (Lipinski definition) is 3. The number of likely N-dealkylation sites (N-methyl/N-ethyl adjacent to an activating group) is 1. The summed E-state index contributed by atoms with van der Waals surface area (Å²) >= 11 is 0. The fraction of sp³-hybridized carbons (Fsp3) is 0.600. The Kier molecular flexibility index (Phi) is 4.48. The molecule has 1 aromatic rings. The zero-order valence-corrected chi connectivity index (χ0v) is 11.4. The molecule has 100 valence electrons. The second kappa shape index (κ2) is 6.10. The van der Waals surface area contributed by atoms with E-state index >= 15 is 0 Å². The Hall–Kier alpha value is -1.22. The second-order valence-corrected chi connectivity index (χ2v) is 5.05. The SMILES string of the molecule is CCOc1ccc(N(C)C2CCCCC2N)cc1. The molecular formula is C15H24N2O. The minimum Gasteiger partial charge on any atom is -0.494 e. The maximum Gasteiger partial charge on any atom is 0.119 e. The van der Waals surface area contributed by atoms with E-state index in [4.69, 9.17) is 10.5 Å². The van der Waals surface area contributed by atoms with Gasteiger partial charge in [0.2, 0.25) is 0 Å². The van der Waals surface area contributed by atoms with Crippen molar-refractivity contribution in [1.82, 2.24) is 0 Å². The van der Waals surface area contributed by atoms with Crippen LogP contribution in [0.1, 0.15) is 32.6 Å². The van der Waals surface area contributed by atoms with E-state index in [1.807, 2.05) is 19.1 Å². The summed E-state index contributed by atoms with van der Waals surface area (Å²) in [6, 6.07) is 9.07. The fourth-order valence-electron chi connectivity index (χ4n) is 2.76. The van der Waals surface area contributed by atoms with Crippen molar-refractivity contribution in [3.8, 4) is 5.75 Å². The molecule has 3 nitrogen and oxygen atoms in total. The number of nitrogens with zero attached hydrogens (tertiary/aromatic N) is 1. The van der Waals surface area contributed by atoms with Gasteiger partial charge in [0.1, 0.15) is 5.75 Å². The molecule has 0 aliphatic heterocycles. The van der Waals surface area contributed by atoms with Gasteiger partial charge in [0, 0.05) is 24.8 Å². The van der Waals surface area contributed by atoms with Gasteiger partial charge in [-0.3, -0.25) is 0 Å². The van der Waals surface area contributed by atoms with Crippen molar-refractivity contribution in [2.24, 2.45) is 5.73 Å². The first-order chi connectivity index (χ1) is 8.72. The smallest absolute Gasteiger partial charge is 0.119 e. The lowest BCUT2D eigenvalue weighted by atomic mass is 9.90. The quantitative estimate of drug-likeness (QED) is 0.890. The van der Waals surface area contributed by atoms with Crippen molar-refractivity contribution < 1.29 is 4.74 Å². The topological polar surface area (TPSA) is 38.5 Å². The van der Waals surface area contributed by atoms with Crippen LogP contribution >= 0.6 is 0 Å². The van der Waals surface area contributed by atoms with Crippen LogP contribution < -0.4 is 15.4 Å². The number of hydrogen-bond donors (Lipinski definition) is 1. The zero-order chi connectivity index (χ0) is 13.0. The van der Waals surface area contributed by atoms with Gasteiger partial charge in [0.15, 0.2) is 0 Å². The fourth-order valence-corrected chi connectivity index (χ4v) is 2.76. The zero-order valence-electron chi connectivity index (χ0n) is 11.4. The highest BCUT2D eigenvalue weighted by molar-refractivity contribution is 5.49. The van der Waals surface area contributed by atoms with E-state index in [1.165, 1.54) is 24.9 Å². The summed E-state index contributed by atoms with van der Waals surface area (Å²) in [5.74, 6) is 0.933. The van der Waals surface area contributed by atoms with Crippen molar-refractivity contribution in [2.45, 2.75) is 44.7 Å². The summed E-state index contributed by atoms with van der Waals surface area (Å²) < 4.78 is 5.46. The third-order valence-electron chi connectivity index (χ3n) is 3.83. The molecule has 2 atom stereocenters. The molecule has 1 fully saturated rings. The third kappa shape index (κ3) is 2.96. The lowest BCUT2D eigenvalue weighted by molar-refractivity contribution is 0.340. The highest BCUT2D eigenvalue weighted by atomic mass is 16.5. The number of rotatable bonds is 4. The van der Waals surface area contributed by atoms with Gasteiger partial charge in [-0.1, -0.05) is 12.8 Å². The highest BCUT2D eigenvalue weighted by Gasteiger charge is 2.25. The Morgan fingerprint density at radius 3 is 2.50 bits per heavy atom. The molecule has 1 aromatic carbocycles. The summed E-state index contributed by atoms with van der Waals surface area (Å²) in [7, 11) is 2.14. The maximum atomic E-state index is 6.23. The average molecular weight is 248 g/mol. The van der Waals surface area contributed by atoms with E-state index in [0.29, 0.717) is 18.7 Å². The van der Waals surface area contributed by atoms with Crippen LogP contribution in [0.15, 0.2) is 24.3 Å². The second-order valence-electron chi connectivity index (χ2n) is 5.05. The van der Waals surface area contributed by atoms with Crippen molar-refractivity contribution in [2.75, 3.05) is 18.6 Å². The molecule has 0 radical (unpaired) electrons. The summed E-state index contributed by atoms with van der Waals surface area (Å²) in [6.07, 6.45) is 4.91. The standard InChI is InChI=1S/C15H24N2O/c1-3-18-13-10-8-12(9-11-13)17(2)15-7-5-4-6-14(15)16/h8-11,14-15H,3-7,16H2,1-2H3. The Morgan fingerprint density at radius 1 is 1.22 bits per heavy atom. The van der Waals surface area contributed by atoms with E-state index in [0.717, 1.165) is 12.2 Å². The minimum absolute atomic E-state index is 0.301. The van der Waals surface area contributed by atoms with Gasteiger partial charge in [0.25, 0.3) is 0 Å². The van der Waals surface area contributed by atoms with Gasteiger partial charge < -0.3 is 15.4 Å². The first-order valence-corrected chi connectivity index (χ1v) is 6.93. The van der Waals surface area contributed by atoms with Gasteiger partial charge >= 0.3 is 0 Å². The summed E-state index contributed by atoms with van der Waals surface area (Å²) in [5.41, 5.74) is 7.45. The van der Waals surface area contributed by atoms with E-state index < -0.39 is 0 Å². The van der Waals surface area contributed by atoms with Crippen molar-refractivity contribution in [3.63, 3.8) is 0 Å². The normalized spacial score (nSPS) is 23.7. The Morgan fingerprint density at radius 2 is 1.89 bits per heavy atom. The number of benzene rings is 1. The lowest BCUT2D eigenvalue weighted by Crippen LogP contribution is -2.48. The minimum atomic E-state index is 0.301. The van der Waals surface area contributed by atoms with Gasteiger partial charge in [-0.15, -0.1) is 0 Å². The first kappa shape index (κ1) is 13.2. The Bertz CT molecular complexity index is 363. The van der Waals surface area contributed by atoms with Crippen molar-refractivity contribution >= 4 is 5.69 Å². The van der Waals surface area contributed by atoms with Crippen LogP contribution in [0.4, 0.5) is 5.69 Å². The van der Waals surface area contributed by atoms with Crippen molar-refractivity contribution in [3.05, 3.63) is 24.3 Å². The molecular weight excluding hydrogens is 224 g/mol. The number of nitrogens with two attached hydrogens (primary N) is 1. The summed E-state index contributed by atoms with van der Waals surface area (Å²) in [5, 5.41) is 0. The predicted octanol–water partition coefficient (Wildman–Crippen LogP) is 2.79. The molecule has 3 heteroatoms. The van der Waals surface area contributed by atoms with E-state index in [2.05, 4.69) is 24.1 Å². The van der Waals surface area contributed by atoms with E-state index in [9.17, 15) is 0 Å². The van der Waals surface area contributed by atoms with Crippen LogP contribution in [0.2, 0.25) is 0 Å². The molecule has 2 rings (SSSR count). The van der Waals surface area contributed by atoms with Crippen LogP contribution in [0.5, 0.6) is 5.75 Å². The van der Waals surface area contributed by atoms with Gasteiger partial charge in [0.05, 0.1) is 6.61 Å². The van der Waals surface area contributed by atoms with Crippen molar-refractivity contribution in [1.29, 1.82) is 0 Å². The maximum absolute atomic E-state index is 6.23. The molecule has 0 heterocycles. The van der Waals surface area contributed by atoms with Crippen LogP contribution in [0.3, 0.4) is 0 Å². The van der Waals surface area contributed by atoms with Crippen LogP contribution in [0, 0.1) is 0 Å². The molecule has 18 heavy (non-hydrogen) atoms. The predicted molar refractivity (Wildman–Crippen MR) is 76.2 cm³/mol. The average Bonchev–Trinajstić information content (AvgIpc) is 2.40. The molecule has 1 saturated carbocycles. The van der Waals surface area contributed by atoms with Gasteiger partial charge in [-0.2, -0.15) is 0 Å². The highest BCUT2D eigenvalue weighted by Crippen LogP contribution is 2.26. The van der Waals surface area contributed by atoms with E-state index in [1.54, 1.807) is 0 Å². The Balaban J connectivity index is 2.05. The lowest BCUT2D eigenvalue weighted by Gasteiger charge is -2.37. The molecule has 0 spiro atoms. The largest absolute Gasteiger partial charge is 0.494 e. The monoisotopic (exact) mass is 248 g/mol. The first-order valence-electron chi connectivity index (χ1n) is 6.93. The molecule has 0 saturated heterocycles. The molecule has 2 N–H and O–H groups in total. The number of ether oxygens (including phenoxy) is 1. The van der Waals surface area contributed by atoms with Gasteiger partial charge in [-0.25, -0.2) is 0 Å².